The summed E-state index contributed by atoms with van der Waals surface area (Å²) in [5, 5.41) is 3.41. The van der Waals surface area contributed by atoms with Gasteiger partial charge in [-0.25, -0.2) is 0 Å². The molecule has 0 spiro atoms. The molecule has 1 aromatic carbocycles. The normalized spacial score (nSPS) is 18.9. The molecule has 1 aromatic rings. The topological polar surface area (TPSA) is 61.9 Å². The molecule has 0 radical (unpaired) electrons. The number of nitrogens with zero attached hydrogens (tertiary/aromatic N) is 2. The summed E-state index contributed by atoms with van der Waals surface area (Å²) in [4.78, 5) is 28.3. The molecule has 2 heterocycles. The number of benzene rings is 1. The molecule has 0 bridgehead atoms. The number of carbonyl (C=O) groups excluding carboxylic acids is 2. The van der Waals surface area contributed by atoms with Gasteiger partial charge in [-0.3, -0.25) is 14.5 Å². The SMILES string of the molecule is CC(CN1CCCC1)NC(=O)CN1C(=O)COc2c(Cl)cccc21. The standard InChI is InChI=1S/C17H22ClN3O3/c1-12(9-20-7-2-3-8-20)19-15(22)10-21-14-6-4-5-13(18)17(14)24-11-16(21)23/h4-6,12H,2-3,7-11H2,1H3,(H,19,22). The second-order valence-electron chi connectivity index (χ2n) is 6.33. The first-order valence-electron chi connectivity index (χ1n) is 8.28. The predicted molar refractivity (Wildman–Crippen MR) is 92.6 cm³/mol. The lowest BCUT2D eigenvalue weighted by Gasteiger charge is -2.30. The molecule has 1 fully saturated rings. The van der Waals surface area contributed by atoms with Gasteiger partial charge in [-0.2, -0.15) is 0 Å². The van der Waals surface area contributed by atoms with Crippen LogP contribution in [0.4, 0.5) is 5.69 Å². The van der Waals surface area contributed by atoms with Gasteiger partial charge >= 0.3 is 0 Å². The molecule has 2 amide bonds. The Bertz CT molecular complexity index is 632. The Hall–Kier alpha value is -1.79. The highest BCUT2D eigenvalue weighted by Crippen LogP contribution is 2.37. The van der Waals surface area contributed by atoms with Crippen LogP contribution in [0.1, 0.15) is 19.8 Å². The monoisotopic (exact) mass is 351 g/mol. The van der Waals surface area contributed by atoms with Gasteiger partial charge in [-0.1, -0.05) is 17.7 Å². The van der Waals surface area contributed by atoms with Gasteiger partial charge in [0.1, 0.15) is 6.54 Å². The predicted octanol–water partition coefficient (Wildman–Crippen LogP) is 1.67. The summed E-state index contributed by atoms with van der Waals surface area (Å²) in [7, 11) is 0. The Morgan fingerprint density at radius 3 is 2.88 bits per heavy atom. The Morgan fingerprint density at radius 1 is 1.38 bits per heavy atom. The van der Waals surface area contributed by atoms with Crippen molar-refractivity contribution >= 4 is 29.1 Å². The summed E-state index contributed by atoms with van der Waals surface area (Å²) in [6, 6.07) is 5.22. The van der Waals surface area contributed by atoms with E-state index in [0.717, 1.165) is 19.6 Å². The summed E-state index contributed by atoms with van der Waals surface area (Å²) in [6.07, 6.45) is 2.45. The van der Waals surface area contributed by atoms with E-state index >= 15 is 0 Å². The van der Waals surface area contributed by atoms with E-state index in [1.807, 2.05) is 6.92 Å². The average Bonchev–Trinajstić information content (AvgIpc) is 3.03. The molecule has 2 aliphatic rings. The third kappa shape index (κ3) is 3.82. The van der Waals surface area contributed by atoms with Crippen LogP contribution >= 0.6 is 11.6 Å². The van der Waals surface area contributed by atoms with Gasteiger partial charge in [0, 0.05) is 12.6 Å². The van der Waals surface area contributed by atoms with Crippen LogP contribution in [-0.2, 0) is 9.59 Å². The number of para-hydroxylation sites is 1. The second kappa shape index (κ2) is 7.40. The van der Waals surface area contributed by atoms with Crippen molar-refractivity contribution in [3.63, 3.8) is 0 Å². The molecule has 24 heavy (non-hydrogen) atoms. The lowest BCUT2D eigenvalue weighted by molar-refractivity contribution is -0.125. The van der Waals surface area contributed by atoms with Gasteiger partial charge in [-0.15, -0.1) is 0 Å². The van der Waals surface area contributed by atoms with Crippen LogP contribution in [0.3, 0.4) is 0 Å². The summed E-state index contributed by atoms with van der Waals surface area (Å²) < 4.78 is 5.39. The number of amides is 2. The van der Waals surface area contributed by atoms with Crippen molar-refractivity contribution < 1.29 is 14.3 Å². The number of anilines is 1. The molecule has 7 heteroatoms. The summed E-state index contributed by atoms with van der Waals surface area (Å²) in [5.74, 6) is 0.0340. The molecule has 0 saturated carbocycles. The number of ether oxygens (including phenoxy) is 1. The van der Waals surface area contributed by atoms with Gasteiger partial charge in [0.15, 0.2) is 12.4 Å². The van der Waals surface area contributed by atoms with Gasteiger partial charge in [0.25, 0.3) is 5.91 Å². The summed E-state index contributed by atoms with van der Waals surface area (Å²) >= 11 is 6.10. The van der Waals surface area contributed by atoms with Crippen LogP contribution in [0, 0.1) is 0 Å². The summed E-state index contributed by atoms with van der Waals surface area (Å²) in [5.41, 5.74) is 0.543. The lowest BCUT2D eigenvalue weighted by atomic mass is 10.2. The van der Waals surface area contributed by atoms with Crippen LogP contribution in [0.15, 0.2) is 18.2 Å². The largest absolute Gasteiger partial charge is 0.480 e. The first kappa shape index (κ1) is 17.0. The Kier molecular flexibility index (Phi) is 5.26. The molecular formula is C17H22ClN3O3. The van der Waals surface area contributed by atoms with E-state index in [0.29, 0.717) is 16.5 Å². The molecule has 1 atom stereocenters. The van der Waals surface area contributed by atoms with Gasteiger partial charge in [0.05, 0.1) is 10.7 Å². The molecule has 1 saturated heterocycles. The van der Waals surface area contributed by atoms with Crippen LogP contribution in [0.2, 0.25) is 5.02 Å². The maximum absolute atomic E-state index is 12.3. The second-order valence-corrected chi connectivity index (χ2v) is 6.74. The Balaban J connectivity index is 1.61. The van der Waals surface area contributed by atoms with Crippen molar-refractivity contribution in [1.29, 1.82) is 0 Å². The Labute approximate surface area is 146 Å². The molecule has 1 unspecified atom stereocenters. The van der Waals surface area contributed by atoms with E-state index in [9.17, 15) is 9.59 Å². The molecule has 1 N–H and O–H groups in total. The number of fused-ring (bicyclic) bond motifs is 1. The molecular weight excluding hydrogens is 330 g/mol. The smallest absolute Gasteiger partial charge is 0.265 e. The number of hydrogen-bond acceptors (Lipinski definition) is 4. The van der Waals surface area contributed by atoms with Crippen LogP contribution in [0.25, 0.3) is 0 Å². The molecule has 130 valence electrons. The zero-order chi connectivity index (χ0) is 17.1. The van der Waals surface area contributed by atoms with Crippen molar-refractivity contribution in [3.8, 4) is 5.75 Å². The number of halogens is 1. The fraction of sp³-hybridized carbons (Fsp3) is 0.529. The minimum Gasteiger partial charge on any atom is -0.480 e. The third-order valence-electron chi connectivity index (χ3n) is 4.32. The van der Waals surface area contributed by atoms with Gasteiger partial charge in [-0.05, 0) is 45.0 Å². The van der Waals surface area contributed by atoms with E-state index in [4.69, 9.17) is 16.3 Å². The zero-order valence-electron chi connectivity index (χ0n) is 13.8. The van der Waals surface area contributed by atoms with Crippen molar-refractivity contribution in [2.24, 2.45) is 0 Å². The minimum absolute atomic E-state index is 0.0279. The molecule has 0 aromatic heterocycles. The quantitative estimate of drug-likeness (QED) is 0.876. The number of likely N-dealkylation sites (tertiary alicyclic amines) is 1. The van der Waals surface area contributed by atoms with Gasteiger partial charge < -0.3 is 15.0 Å². The number of nitrogens with one attached hydrogen (secondary N) is 1. The van der Waals surface area contributed by atoms with Crippen molar-refractivity contribution in [2.45, 2.75) is 25.8 Å². The third-order valence-corrected chi connectivity index (χ3v) is 4.62. The van der Waals surface area contributed by atoms with E-state index in [1.165, 1.54) is 17.7 Å². The average molecular weight is 352 g/mol. The van der Waals surface area contributed by atoms with Crippen LogP contribution in [-0.4, -0.2) is 55.5 Å². The number of carbonyl (C=O) groups is 2. The van der Waals surface area contributed by atoms with E-state index < -0.39 is 0 Å². The minimum atomic E-state index is -0.243. The number of rotatable bonds is 5. The zero-order valence-corrected chi connectivity index (χ0v) is 14.5. The highest BCUT2D eigenvalue weighted by molar-refractivity contribution is 6.32. The fourth-order valence-corrected chi connectivity index (χ4v) is 3.46. The maximum atomic E-state index is 12.3. The molecule has 3 rings (SSSR count). The first-order valence-corrected chi connectivity index (χ1v) is 8.66. The van der Waals surface area contributed by atoms with Crippen molar-refractivity contribution in [3.05, 3.63) is 23.2 Å². The van der Waals surface area contributed by atoms with E-state index in [-0.39, 0.29) is 31.0 Å². The van der Waals surface area contributed by atoms with E-state index in [1.54, 1.807) is 18.2 Å². The fourth-order valence-electron chi connectivity index (χ4n) is 3.23. The van der Waals surface area contributed by atoms with E-state index in [2.05, 4.69) is 10.2 Å². The summed E-state index contributed by atoms with van der Waals surface area (Å²) in [6.45, 7) is 4.88. The first-order chi connectivity index (χ1) is 11.5. The Morgan fingerprint density at radius 2 is 2.12 bits per heavy atom. The van der Waals surface area contributed by atoms with Crippen molar-refractivity contribution in [2.75, 3.05) is 37.7 Å². The van der Waals surface area contributed by atoms with Crippen LogP contribution < -0.4 is 15.0 Å². The van der Waals surface area contributed by atoms with Gasteiger partial charge in [0.2, 0.25) is 5.91 Å². The van der Waals surface area contributed by atoms with Crippen LogP contribution in [0.5, 0.6) is 5.75 Å². The molecule has 2 aliphatic heterocycles. The molecule has 0 aliphatic carbocycles. The highest BCUT2D eigenvalue weighted by atomic mass is 35.5. The number of hydrogen-bond donors (Lipinski definition) is 1. The lowest BCUT2D eigenvalue weighted by Crippen LogP contribution is -2.48. The maximum Gasteiger partial charge on any atom is 0.265 e. The highest BCUT2D eigenvalue weighted by Gasteiger charge is 2.29. The molecule has 6 nitrogen and oxygen atoms in total. The van der Waals surface area contributed by atoms with Crippen molar-refractivity contribution in [1.82, 2.24) is 10.2 Å².